The van der Waals surface area contributed by atoms with Gasteiger partial charge in [-0.3, -0.25) is 0 Å². The van der Waals surface area contributed by atoms with E-state index in [1.165, 1.54) is 11.5 Å². The maximum Gasteiger partial charge on any atom is 0.227 e. The van der Waals surface area contributed by atoms with Crippen LogP contribution in [-0.2, 0) is 4.74 Å². The average Bonchev–Trinajstić information content (AvgIpc) is 3.25. The van der Waals surface area contributed by atoms with E-state index in [-0.39, 0.29) is 0 Å². The molecule has 1 unspecified atom stereocenters. The number of piperidine rings is 1. The zero-order chi connectivity index (χ0) is 19.5. The van der Waals surface area contributed by atoms with Crippen molar-refractivity contribution in [2.75, 3.05) is 61.1 Å². The quantitative estimate of drug-likeness (QED) is 0.754. The number of nitrogens with zero attached hydrogens (tertiary/aromatic N) is 7. The molecule has 4 rings (SSSR count). The minimum Gasteiger partial charge on any atom is -0.378 e. The molecule has 0 bridgehead atoms. The van der Waals surface area contributed by atoms with Crippen molar-refractivity contribution in [2.24, 2.45) is 0 Å². The van der Waals surface area contributed by atoms with Crippen LogP contribution in [0.5, 0.6) is 0 Å². The van der Waals surface area contributed by atoms with Crippen molar-refractivity contribution in [3.8, 4) is 0 Å². The Bertz CT molecular complexity index is 777. The number of ether oxygens (including phenoxy) is 1. The molecule has 2 saturated heterocycles. The summed E-state index contributed by atoms with van der Waals surface area (Å²) in [5, 5.41) is 1.03. The average molecular weight is 404 g/mol. The molecule has 0 aromatic carbocycles. The molecule has 2 aromatic rings. The summed E-state index contributed by atoms with van der Waals surface area (Å²) in [6.07, 6.45) is 4.13. The Kier molecular flexibility index (Phi) is 5.91. The molecule has 2 fully saturated rings. The molecule has 2 aromatic heterocycles. The van der Waals surface area contributed by atoms with Gasteiger partial charge in [-0.1, -0.05) is 13.8 Å². The zero-order valence-electron chi connectivity index (χ0n) is 16.9. The van der Waals surface area contributed by atoms with Crippen molar-refractivity contribution in [1.29, 1.82) is 0 Å². The SMILES string of the molecule is CC(C)c1nsc(N2CCCC(N(C)c3nccc(N4CCOCC4)n3)C2)n1. The fourth-order valence-corrected chi connectivity index (χ4v) is 4.52. The molecule has 0 spiro atoms. The number of likely N-dealkylation sites (N-methyl/N-ethyl adjacent to an activating group) is 1. The van der Waals surface area contributed by atoms with Gasteiger partial charge < -0.3 is 19.4 Å². The highest BCUT2D eigenvalue weighted by atomic mass is 32.1. The van der Waals surface area contributed by atoms with Crippen LogP contribution < -0.4 is 14.7 Å². The lowest BCUT2D eigenvalue weighted by Gasteiger charge is -2.37. The van der Waals surface area contributed by atoms with Crippen LogP contribution in [0.3, 0.4) is 0 Å². The van der Waals surface area contributed by atoms with Gasteiger partial charge in [0.2, 0.25) is 11.1 Å². The summed E-state index contributed by atoms with van der Waals surface area (Å²) >= 11 is 1.51. The Labute approximate surface area is 170 Å². The van der Waals surface area contributed by atoms with Crippen LogP contribution in [0.2, 0.25) is 0 Å². The Balaban J connectivity index is 1.45. The van der Waals surface area contributed by atoms with E-state index in [0.717, 1.165) is 75.0 Å². The first-order valence-electron chi connectivity index (χ1n) is 10.1. The summed E-state index contributed by atoms with van der Waals surface area (Å²) in [7, 11) is 2.10. The molecule has 2 aliphatic heterocycles. The predicted octanol–water partition coefficient (Wildman–Crippen LogP) is 2.39. The van der Waals surface area contributed by atoms with Gasteiger partial charge in [0.15, 0.2) is 0 Å². The third kappa shape index (κ3) is 4.20. The van der Waals surface area contributed by atoms with Crippen molar-refractivity contribution in [2.45, 2.75) is 38.6 Å². The van der Waals surface area contributed by atoms with E-state index in [1.54, 1.807) is 0 Å². The fraction of sp³-hybridized carbons (Fsp3) is 0.684. The van der Waals surface area contributed by atoms with E-state index in [2.05, 4.69) is 45.0 Å². The zero-order valence-corrected chi connectivity index (χ0v) is 17.7. The van der Waals surface area contributed by atoms with E-state index in [4.69, 9.17) is 14.7 Å². The van der Waals surface area contributed by atoms with Crippen molar-refractivity contribution in [1.82, 2.24) is 19.3 Å². The molecule has 2 aliphatic rings. The summed E-state index contributed by atoms with van der Waals surface area (Å²) in [4.78, 5) is 21.0. The van der Waals surface area contributed by atoms with E-state index in [0.29, 0.717) is 12.0 Å². The first-order valence-corrected chi connectivity index (χ1v) is 10.9. The molecule has 152 valence electrons. The second-order valence-electron chi connectivity index (χ2n) is 7.76. The number of morpholine rings is 1. The Hall–Kier alpha value is -2.00. The van der Waals surface area contributed by atoms with Crippen LogP contribution in [0.4, 0.5) is 16.9 Å². The molecule has 0 amide bonds. The van der Waals surface area contributed by atoms with Crippen molar-refractivity contribution in [3.63, 3.8) is 0 Å². The van der Waals surface area contributed by atoms with Crippen LogP contribution in [0, 0.1) is 0 Å². The first-order chi connectivity index (χ1) is 13.6. The molecule has 1 atom stereocenters. The topological polar surface area (TPSA) is 70.5 Å². The Morgan fingerprint density at radius 3 is 2.75 bits per heavy atom. The predicted molar refractivity (Wildman–Crippen MR) is 113 cm³/mol. The van der Waals surface area contributed by atoms with Crippen LogP contribution in [0.25, 0.3) is 0 Å². The van der Waals surface area contributed by atoms with Gasteiger partial charge in [-0.2, -0.15) is 9.36 Å². The molecular weight excluding hydrogens is 374 g/mol. The van der Waals surface area contributed by atoms with Gasteiger partial charge in [-0.25, -0.2) is 9.97 Å². The minimum absolute atomic E-state index is 0.361. The van der Waals surface area contributed by atoms with Gasteiger partial charge in [0.25, 0.3) is 0 Å². The Morgan fingerprint density at radius 1 is 1.18 bits per heavy atom. The normalized spacial score (nSPS) is 20.6. The highest BCUT2D eigenvalue weighted by Gasteiger charge is 2.27. The van der Waals surface area contributed by atoms with E-state index >= 15 is 0 Å². The lowest BCUT2D eigenvalue weighted by Crippen LogP contribution is -2.47. The molecule has 0 radical (unpaired) electrons. The summed E-state index contributed by atoms with van der Waals surface area (Å²) in [6.45, 7) is 9.51. The number of anilines is 3. The van der Waals surface area contributed by atoms with Crippen molar-refractivity contribution in [3.05, 3.63) is 18.1 Å². The van der Waals surface area contributed by atoms with E-state index < -0.39 is 0 Å². The van der Waals surface area contributed by atoms with E-state index in [9.17, 15) is 0 Å². The lowest BCUT2D eigenvalue weighted by molar-refractivity contribution is 0.122. The minimum atomic E-state index is 0.361. The highest BCUT2D eigenvalue weighted by molar-refractivity contribution is 7.09. The molecule has 9 heteroatoms. The number of hydrogen-bond donors (Lipinski definition) is 0. The van der Waals surface area contributed by atoms with Crippen molar-refractivity contribution >= 4 is 28.4 Å². The van der Waals surface area contributed by atoms with Gasteiger partial charge in [-0.05, 0) is 18.9 Å². The maximum absolute atomic E-state index is 5.45. The molecule has 0 aliphatic carbocycles. The molecule has 0 saturated carbocycles. The first kappa shape index (κ1) is 19.3. The molecule has 0 N–H and O–H groups in total. The summed E-state index contributed by atoms with van der Waals surface area (Å²) in [5.41, 5.74) is 0. The highest BCUT2D eigenvalue weighted by Crippen LogP contribution is 2.27. The monoisotopic (exact) mass is 403 g/mol. The van der Waals surface area contributed by atoms with Crippen LogP contribution >= 0.6 is 11.5 Å². The second kappa shape index (κ2) is 8.57. The molecule has 28 heavy (non-hydrogen) atoms. The summed E-state index contributed by atoms with van der Waals surface area (Å²) < 4.78 is 9.97. The Morgan fingerprint density at radius 2 is 2.00 bits per heavy atom. The molecule has 8 nitrogen and oxygen atoms in total. The summed E-state index contributed by atoms with van der Waals surface area (Å²) in [5.74, 6) is 3.08. The number of aromatic nitrogens is 4. The maximum atomic E-state index is 5.45. The van der Waals surface area contributed by atoms with Gasteiger partial charge in [-0.15, -0.1) is 0 Å². The second-order valence-corrected chi connectivity index (χ2v) is 8.49. The summed E-state index contributed by atoms with van der Waals surface area (Å²) in [6, 6.07) is 2.35. The third-order valence-electron chi connectivity index (χ3n) is 5.44. The van der Waals surface area contributed by atoms with E-state index in [1.807, 2.05) is 12.3 Å². The fourth-order valence-electron chi connectivity index (χ4n) is 3.67. The molecule has 4 heterocycles. The molecular formula is C19H29N7OS. The number of hydrogen-bond acceptors (Lipinski definition) is 9. The van der Waals surface area contributed by atoms with Crippen LogP contribution in [0.15, 0.2) is 12.3 Å². The number of rotatable bonds is 5. The third-order valence-corrected chi connectivity index (χ3v) is 6.23. The standard InChI is InChI=1S/C19H29N7OS/c1-14(2)17-22-19(28-23-17)26-8-4-5-15(13-26)24(3)18-20-7-6-16(21-18)25-9-11-27-12-10-25/h6-7,14-15H,4-5,8-13H2,1-3H3. The van der Waals surface area contributed by atoms with Crippen LogP contribution in [0.1, 0.15) is 38.4 Å². The van der Waals surface area contributed by atoms with Gasteiger partial charge in [0, 0.05) is 62.9 Å². The smallest absolute Gasteiger partial charge is 0.227 e. The lowest BCUT2D eigenvalue weighted by atomic mass is 10.1. The largest absolute Gasteiger partial charge is 0.378 e. The van der Waals surface area contributed by atoms with Crippen LogP contribution in [-0.4, -0.2) is 71.8 Å². The van der Waals surface area contributed by atoms with Gasteiger partial charge in [0.1, 0.15) is 11.6 Å². The van der Waals surface area contributed by atoms with Gasteiger partial charge >= 0.3 is 0 Å². The van der Waals surface area contributed by atoms with Gasteiger partial charge in [0.05, 0.1) is 13.2 Å². The van der Waals surface area contributed by atoms with Crippen molar-refractivity contribution < 1.29 is 4.74 Å².